The third-order valence-corrected chi connectivity index (χ3v) is 3.35. The molecule has 0 unspecified atom stereocenters. The van der Waals surface area contributed by atoms with E-state index in [0.29, 0.717) is 31.1 Å². The second-order valence-corrected chi connectivity index (χ2v) is 5.47. The number of methoxy groups -OCH3 is 2. The van der Waals surface area contributed by atoms with E-state index in [1.54, 1.807) is 42.4 Å². The zero-order valence-corrected chi connectivity index (χ0v) is 14.8. The van der Waals surface area contributed by atoms with Crippen molar-refractivity contribution in [1.82, 2.24) is 15.1 Å². The Morgan fingerprint density at radius 1 is 1.15 bits per heavy atom. The van der Waals surface area contributed by atoms with E-state index in [2.05, 4.69) is 21.0 Å². The Kier molecular flexibility index (Phi) is 7.59. The number of amides is 3. The maximum absolute atomic E-state index is 12.0. The van der Waals surface area contributed by atoms with Gasteiger partial charge < -0.3 is 25.4 Å². The summed E-state index contributed by atoms with van der Waals surface area (Å²) >= 11 is 0. The van der Waals surface area contributed by atoms with Gasteiger partial charge in [0, 0.05) is 32.6 Å². The average Bonchev–Trinajstić information content (AvgIpc) is 3.06. The van der Waals surface area contributed by atoms with Crippen LogP contribution in [0.1, 0.15) is 5.56 Å². The molecule has 0 saturated heterocycles. The molecule has 9 nitrogen and oxygen atoms in total. The first-order valence-electron chi connectivity index (χ1n) is 8.04. The van der Waals surface area contributed by atoms with Gasteiger partial charge in [-0.2, -0.15) is 5.10 Å². The van der Waals surface area contributed by atoms with Gasteiger partial charge in [0.15, 0.2) is 0 Å². The minimum absolute atomic E-state index is 0.0110. The van der Waals surface area contributed by atoms with Crippen molar-refractivity contribution < 1.29 is 19.1 Å². The highest BCUT2D eigenvalue weighted by Gasteiger charge is 2.06. The molecule has 3 amide bonds. The fraction of sp³-hybridized carbons (Fsp3) is 0.353. The summed E-state index contributed by atoms with van der Waals surface area (Å²) in [6.45, 7) is 1.46. The van der Waals surface area contributed by atoms with Crippen molar-refractivity contribution in [1.29, 1.82) is 0 Å². The largest absolute Gasteiger partial charge is 0.383 e. The monoisotopic (exact) mass is 361 g/mol. The SMILES string of the molecule is COCCn1cc(NC(=O)NCc2cccc(NC(=O)COC)c2)cn1. The van der Waals surface area contributed by atoms with E-state index in [4.69, 9.17) is 9.47 Å². The number of ether oxygens (including phenoxy) is 2. The Labute approximate surface area is 151 Å². The highest BCUT2D eigenvalue weighted by atomic mass is 16.5. The molecule has 1 aromatic carbocycles. The molecule has 26 heavy (non-hydrogen) atoms. The number of hydrogen-bond donors (Lipinski definition) is 3. The number of carbonyl (C=O) groups is 2. The van der Waals surface area contributed by atoms with Crippen molar-refractivity contribution >= 4 is 23.3 Å². The maximum Gasteiger partial charge on any atom is 0.319 e. The Hall–Kier alpha value is -2.91. The number of rotatable bonds is 9. The molecule has 3 N–H and O–H groups in total. The lowest BCUT2D eigenvalue weighted by Gasteiger charge is -2.09. The van der Waals surface area contributed by atoms with Crippen molar-refractivity contribution in [2.24, 2.45) is 0 Å². The number of benzene rings is 1. The molecule has 9 heteroatoms. The van der Waals surface area contributed by atoms with E-state index in [9.17, 15) is 9.59 Å². The van der Waals surface area contributed by atoms with Crippen LogP contribution < -0.4 is 16.0 Å². The van der Waals surface area contributed by atoms with Gasteiger partial charge in [-0.3, -0.25) is 9.48 Å². The summed E-state index contributed by atoms with van der Waals surface area (Å²) in [6.07, 6.45) is 3.30. The van der Waals surface area contributed by atoms with Gasteiger partial charge in [0.1, 0.15) is 6.61 Å². The Balaban J connectivity index is 1.81. The van der Waals surface area contributed by atoms with Gasteiger partial charge >= 0.3 is 6.03 Å². The molecule has 0 atom stereocenters. The summed E-state index contributed by atoms with van der Waals surface area (Å²) in [5, 5.41) is 12.3. The van der Waals surface area contributed by atoms with Crippen LogP contribution in [0.3, 0.4) is 0 Å². The Bertz CT molecular complexity index is 731. The van der Waals surface area contributed by atoms with Crippen LogP contribution in [0.4, 0.5) is 16.2 Å². The van der Waals surface area contributed by atoms with Gasteiger partial charge in [-0.15, -0.1) is 0 Å². The molecule has 0 aliphatic heterocycles. The second kappa shape index (κ2) is 10.2. The molecule has 0 saturated carbocycles. The molecule has 2 aromatic rings. The Morgan fingerprint density at radius 2 is 2.00 bits per heavy atom. The molecule has 1 heterocycles. The van der Waals surface area contributed by atoms with E-state index in [0.717, 1.165) is 5.56 Å². The van der Waals surface area contributed by atoms with Crippen molar-refractivity contribution in [3.05, 3.63) is 42.2 Å². The molecule has 0 aliphatic rings. The first-order valence-corrected chi connectivity index (χ1v) is 8.04. The molecule has 140 valence electrons. The summed E-state index contributed by atoms with van der Waals surface area (Å²) in [5.41, 5.74) is 2.09. The first-order chi connectivity index (χ1) is 12.6. The highest BCUT2D eigenvalue weighted by Crippen LogP contribution is 2.11. The molecule has 2 rings (SSSR count). The zero-order chi connectivity index (χ0) is 18.8. The number of carbonyl (C=O) groups excluding carboxylic acids is 2. The standard InChI is InChI=1S/C17H23N5O4/c1-25-7-6-22-11-15(10-19-22)21-17(24)18-9-13-4-3-5-14(8-13)20-16(23)12-26-2/h3-5,8,10-11H,6-7,9,12H2,1-2H3,(H,20,23)(H2,18,21,24). The van der Waals surface area contributed by atoms with Gasteiger partial charge in [0.05, 0.1) is 25.0 Å². The van der Waals surface area contributed by atoms with Crippen LogP contribution in [0.5, 0.6) is 0 Å². The van der Waals surface area contributed by atoms with Crippen molar-refractivity contribution in [2.75, 3.05) is 38.1 Å². The molecule has 1 aromatic heterocycles. The topological polar surface area (TPSA) is 107 Å². The molecular formula is C17H23N5O4. The van der Waals surface area contributed by atoms with E-state index in [1.807, 2.05) is 6.07 Å². The number of urea groups is 1. The van der Waals surface area contributed by atoms with Crippen LogP contribution in [0.2, 0.25) is 0 Å². The lowest BCUT2D eigenvalue weighted by molar-refractivity contribution is -0.119. The average molecular weight is 361 g/mol. The third kappa shape index (κ3) is 6.54. The summed E-state index contributed by atoms with van der Waals surface area (Å²) in [5.74, 6) is -0.235. The Morgan fingerprint density at radius 3 is 2.77 bits per heavy atom. The van der Waals surface area contributed by atoms with Crippen LogP contribution in [-0.4, -0.2) is 49.2 Å². The lowest BCUT2D eigenvalue weighted by Crippen LogP contribution is -2.28. The lowest BCUT2D eigenvalue weighted by atomic mass is 10.2. The van der Waals surface area contributed by atoms with Crippen molar-refractivity contribution in [2.45, 2.75) is 13.1 Å². The number of hydrogen-bond acceptors (Lipinski definition) is 5. The van der Waals surface area contributed by atoms with E-state index in [1.165, 1.54) is 7.11 Å². The van der Waals surface area contributed by atoms with Gasteiger partial charge in [0.25, 0.3) is 0 Å². The predicted octanol–water partition coefficient (Wildman–Crippen LogP) is 1.44. The quantitative estimate of drug-likeness (QED) is 0.626. The summed E-state index contributed by atoms with van der Waals surface area (Å²) < 4.78 is 11.4. The van der Waals surface area contributed by atoms with E-state index >= 15 is 0 Å². The number of nitrogens with one attached hydrogen (secondary N) is 3. The maximum atomic E-state index is 12.0. The molecule has 0 radical (unpaired) electrons. The number of anilines is 2. The predicted molar refractivity (Wildman–Crippen MR) is 96.9 cm³/mol. The zero-order valence-electron chi connectivity index (χ0n) is 14.8. The molecule has 0 aliphatic carbocycles. The van der Waals surface area contributed by atoms with Crippen LogP contribution in [0.25, 0.3) is 0 Å². The summed E-state index contributed by atoms with van der Waals surface area (Å²) in [6, 6.07) is 6.87. The van der Waals surface area contributed by atoms with Gasteiger partial charge in [-0.25, -0.2) is 4.79 Å². The van der Waals surface area contributed by atoms with E-state index < -0.39 is 0 Å². The molecule has 0 fully saturated rings. The first kappa shape index (κ1) is 19.4. The van der Waals surface area contributed by atoms with Gasteiger partial charge in [-0.1, -0.05) is 12.1 Å². The summed E-state index contributed by atoms with van der Waals surface area (Å²) in [7, 11) is 3.08. The minimum Gasteiger partial charge on any atom is -0.383 e. The van der Waals surface area contributed by atoms with Crippen LogP contribution in [0, 0.1) is 0 Å². The number of nitrogens with zero attached hydrogens (tertiary/aromatic N) is 2. The molecule has 0 bridgehead atoms. The fourth-order valence-corrected chi connectivity index (χ4v) is 2.18. The normalized spacial score (nSPS) is 10.4. The highest BCUT2D eigenvalue weighted by molar-refractivity contribution is 5.91. The van der Waals surface area contributed by atoms with Gasteiger partial charge in [-0.05, 0) is 17.7 Å². The smallest absolute Gasteiger partial charge is 0.319 e. The third-order valence-electron chi connectivity index (χ3n) is 3.35. The molecular weight excluding hydrogens is 338 g/mol. The minimum atomic E-state index is -0.342. The van der Waals surface area contributed by atoms with Crippen LogP contribution >= 0.6 is 0 Å². The van der Waals surface area contributed by atoms with Crippen LogP contribution in [0.15, 0.2) is 36.7 Å². The van der Waals surface area contributed by atoms with Crippen LogP contribution in [-0.2, 0) is 27.4 Å². The van der Waals surface area contributed by atoms with Crippen molar-refractivity contribution in [3.63, 3.8) is 0 Å². The summed E-state index contributed by atoms with van der Waals surface area (Å²) in [4.78, 5) is 23.5. The molecule has 0 spiro atoms. The van der Waals surface area contributed by atoms with E-state index in [-0.39, 0.29) is 18.5 Å². The second-order valence-electron chi connectivity index (χ2n) is 5.47. The van der Waals surface area contributed by atoms with Gasteiger partial charge in [0.2, 0.25) is 5.91 Å². The fourth-order valence-electron chi connectivity index (χ4n) is 2.18. The van der Waals surface area contributed by atoms with Crippen molar-refractivity contribution in [3.8, 4) is 0 Å². The number of aromatic nitrogens is 2.